The smallest absolute Gasteiger partial charge is 0.255 e. The van der Waals surface area contributed by atoms with Gasteiger partial charge in [0.2, 0.25) is 0 Å². The Morgan fingerprint density at radius 3 is 2.80 bits per heavy atom. The van der Waals surface area contributed by atoms with Crippen molar-refractivity contribution in [3.05, 3.63) is 33.8 Å². The molecule has 0 saturated heterocycles. The monoisotopic (exact) mass is 292 g/mol. The van der Waals surface area contributed by atoms with Crippen molar-refractivity contribution in [2.45, 2.75) is 32.2 Å². The van der Waals surface area contributed by atoms with Gasteiger partial charge in [-0.3, -0.25) is 4.79 Å². The summed E-state index contributed by atoms with van der Waals surface area (Å²) in [6.07, 6.45) is 2.34. The zero-order valence-corrected chi connectivity index (χ0v) is 12.2. The second kappa shape index (κ2) is 6.25. The van der Waals surface area contributed by atoms with Crippen molar-refractivity contribution < 1.29 is 9.90 Å². The first-order valence-electron chi connectivity index (χ1n) is 6.72. The van der Waals surface area contributed by atoms with Gasteiger partial charge in [0.05, 0.1) is 11.6 Å². The number of aliphatic hydroxyl groups is 1. The third-order valence-electron chi connectivity index (χ3n) is 3.69. The summed E-state index contributed by atoms with van der Waals surface area (Å²) in [6, 6.07) is 5.18. The highest BCUT2D eigenvalue weighted by molar-refractivity contribution is 6.32. The van der Waals surface area contributed by atoms with Gasteiger partial charge in [-0.25, -0.2) is 0 Å². The summed E-state index contributed by atoms with van der Waals surface area (Å²) in [5.74, 6) is -0.115. The molecule has 1 aliphatic heterocycles. The summed E-state index contributed by atoms with van der Waals surface area (Å²) in [6.45, 7) is 2.50. The van der Waals surface area contributed by atoms with E-state index in [1.807, 2.05) is 6.92 Å². The molecule has 1 aromatic rings. The average Bonchev–Trinajstić information content (AvgIpc) is 2.72. The number of unbranched alkanes of at least 4 members (excludes halogenated alkanes) is 2. The highest BCUT2D eigenvalue weighted by atomic mass is 35.5. The maximum atomic E-state index is 12.5. The molecule has 1 atom stereocenters. The molecule has 1 unspecified atom stereocenters. The Morgan fingerprint density at radius 1 is 1.40 bits per heavy atom. The highest BCUT2D eigenvalue weighted by Crippen LogP contribution is 2.37. The van der Waals surface area contributed by atoms with Crippen molar-refractivity contribution in [1.82, 2.24) is 4.90 Å². The van der Waals surface area contributed by atoms with E-state index in [4.69, 9.17) is 16.7 Å². The van der Waals surface area contributed by atoms with Crippen LogP contribution in [0.5, 0.6) is 0 Å². The molecule has 0 fully saturated rings. The minimum Gasteiger partial charge on any atom is -0.396 e. The third-order valence-corrected chi connectivity index (χ3v) is 4.10. The van der Waals surface area contributed by atoms with E-state index in [1.165, 1.54) is 0 Å². The lowest BCUT2D eigenvalue weighted by Crippen LogP contribution is -2.28. The molecule has 1 amide bonds. The SMILES string of the molecule is Cc1c(Cl)ccc2c1C(=O)N(CCCCCO)C2C#N. The Kier molecular flexibility index (Phi) is 4.64. The number of benzene rings is 1. The number of nitrogens with zero attached hydrogens (tertiary/aromatic N) is 2. The van der Waals surface area contributed by atoms with Crippen molar-refractivity contribution in [3.8, 4) is 6.07 Å². The summed E-state index contributed by atoms with van der Waals surface area (Å²) in [5.41, 5.74) is 2.07. The maximum absolute atomic E-state index is 12.5. The zero-order valence-electron chi connectivity index (χ0n) is 11.4. The summed E-state index contributed by atoms with van der Waals surface area (Å²) < 4.78 is 0. The number of halogens is 1. The van der Waals surface area contributed by atoms with E-state index in [1.54, 1.807) is 17.0 Å². The number of nitriles is 1. The number of carbonyl (C=O) groups excluding carboxylic acids is 1. The van der Waals surface area contributed by atoms with Gasteiger partial charge in [0.25, 0.3) is 5.91 Å². The quantitative estimate of drug-likeness (QED) is 0.849. The average molecular weight is 293 g/mol. The number of fused-ring (bicyclic) bond motifs is 1. The fourth-order valence-electron chi connectivity index (χ4n) is 2.59. The van der Waals surface area contributed by atoms with Gasteiger partial charge in [0.15, 0.2) is 0 Å². The predicted octanol–water partition coefficient (Wildman–Crippen LogP) is 2.83. The second-order valence-electron chi connectivity index (χ2n) is 4.95. The number of hydrogen-bond donors (Lipinski definition) is 1. The summed E-state index contributed by atoms with van der Waals surface area (Å²) in [5, 5.41) is 18.7. The van der Waals surface area contributed by atoms with Crippen LogP contribution in [0.1, 0.15) is 46.8 Å². The van der Waals surface area contributed by atoms with Crippen molar-refractivity contribution in [2.75, 3.05) is 13.2 Å². The first-order valence-corrected chi connectivity index (χ1v) is 7.10. The van der Waals surface area contributed by atoms with Gasteiger partial charge in [-0.15, -0.1) is 0 Å². The normalized spacial score (nSPS) is 17.2. The predicted molar refractivity (Wildman–Crippen MR) is 76.5 cm³/mol. The van der Waals surface area contributed by atoms with Crippen LogP contribution in [-0.2, 0) is 0 Å². The molecule has 1 N–H and O–H groups in total. The second-order valence-corrected chi connectivity index (χ2v) is 5.36. The van der Waals surface area contributed by atoms with Crippen LogP contribution in [-0.4, -0.2) is 29.1 Å². The fraction of sp³-hybridized carbons (Fsp3) is 0.467. The van der Waals surface area contributed by atoms with Crippen molar-refractivity contribution >= 4 is 17.5 Å². The third kappa shape index (κ3) is 2.52. The van der Waals surface area contributed by atoms with Gasteiger partial charge >= 0.3 is 0 Å². The van der Waals surface area contributed by atoms with Crippen LogP contribution in [0.2, 0.25) is 5.02 Å². The Balaban J connectivity index is 2.24. The highest BCUT2D eigenvalue weighted by Gasteiger charge is 2.37. The molecule has 1 heterocycles. The van der Waals surface area contributed by atoms with E-state index in [0.717, 1.165) is 30.4 Å². The molecule has 0 radical (unpaired) electrons. The Labute approximate surface area is 123 Å². The summed E-state index contributed by atoms with van der Waals surface area (Å²) in [4.78, 5) is 14.1. The molecule has 0 bridgehead atoms. The number of rotatable bonds is 5. The van der Waals surface area contributed by atoms with Gasteiger partial charge in [-0.1, -0.05) is 17.7 Å². The number of hydrogen-bond acceptors (Lipinski definition) is 3. The number of aliphatic hydroxyl groups excluding tert-OH is 1. The molecule has 4 nitrogen and oxygen atoms in total. The standard InChI is InChI=1S/C15H17ClN2O2/c1-10-12(16)6-5-11-13(9-17)18(15(20)14(10)11)7-3-2-4-8-19/h5-6,13,19H,2-4,7-8H2,1H3. The lowest BCUT2D eigenvalue weighted by Gasteiger charge is -2.19. The minimum absolute atomic E-state index is 0.115. The van der Waals surface area contributed by atoms with Crippen molar-refractivity contribution in [2.24, 2.45) is 0 Å². The van der Waals surface area contributed by atoms with E-state index in [9.17, 15) is 10.1 Å². The molecule has 5 heteroatoms. The molecule has 0 aromatic heterocycles. The van der Waals surface area contributed by atoms with Crippen LogP contribution in [0.3, 0.4) is 0 Å². The van der Waals surface area contributed by atoms with Crippen LogP contribution in [0.25, 0.3) is 0 Å². The Bertz CT molecular complexity index is 566. The summed E-state index contributed by atoms with van der Waals surface area (Å²) in [7, 11) is 0. The lowest BCUT2D eigenvalue weighted by atomic mass is 10.0. The van der Waals surface area contributed by atoms with Crippen LogP contribution in [0.15, 0.2) is 12.1 Å². The number of carbonyl (C=O) groups is 1. The molecular weight excluding hydrogens is 276 g/mol. The molecule has 1 aromatic carbocycles. The molecule has 0 aliphatic carbocycles. The fourth-order valence-corrected chi connectivity index (χ4v) is 2.75. The zero-order chi connectivity index (χ0) is 14.7. The Hall–Kier alpha value is -1.57. The van der Waals surface area contributed by atoms with Crippen LogP contribution >= 0.6 is 11.6 Å². The lowest BCUT2D eigenvalue weighted by molar-refractivity contribution is 0.0753. The van der Waals surface area contributed by atoms with Crippen LogP contribution in [0.4, 0.5) is 0 Å². The van der Waals surface area contributed by atoms with Gasteiger partial charge in [0.1, 0.15) is 6.04 Å². The van der Waals surface area contributed by atoms with Crippen molar-refractivity contribution in [3.63, 3.8) is 0 Å². The van der Waals surface area contributed by atoms with E-state index >= 15 is 0 Å². The molecule has 1 aliphatic rings. The van der Waals surface area contributed by atoms with Gasteiger partial charge in [-0.2, -0.15) is 5.26 Å². The largest absolute Gasteiger partial charge is 0.396 e. The topological polar surface area (TPSA) is 64.3 Å². The Morgan fingerprint density at radius 2 is 2.15 bits per heavy atom. The summed E-state index contributed by atoms with van der Waals surface area (Å²) >= 11 is 6.06. The first kappa shape index (κ1) is 14.8. The molecule has 0 saturated carbocycles. The molecule has 106 valence electrons. The van der Waals surface area contributed by atoms with E-state index in [2.05, 4.69) is 6.07 Å². The first-order chi connectivity index (χ1) is 9.61. The van der Waals surface area contributed by atoms with E-state index < -0.39 is 6.04 Å². The van der Waals surface area contributed by atoms with E-state index in [0.29, 0.717) is 17.1 Å². The van der Waals surface area contributed by atoms with Crippen LogP contribution < -0.4 is 0 Å². The molecule has 2 rings (SSSR count). The van der Waals surface area contributed by atoms with Gasteiger partial charge in [-0.05, 0) is 37.8 Å². The molecule has 0 spiro atoms. The molecule has 20 heavy (non-hydrogen) atoms. The molecular formula is C15H17ClN2O2. The van der Waals surface area contributed by atoms with Crippen molar-refractivity contribution in [1.29, 1.82) is 5.26 Å². The van der Waals surface area contributed by atoms with E-state index in [-0.39, 0.29) is 12.5 Å². The maximum Gasteiger partial charge on any atom is 0.255 e. The number of amides is 1. The van der Waals surface area contributed by atoms with Gasteiger partial charge in [0, 0.05) is 23.7 Å². The minimum atomic E-state index is -0.525. The van der Waals surface area contributed by atoms with Crippen LogP contribution in [0, 0.1) is 18.3 Å². The van der Waals surface area contributed by atoms with Gasteiger partial charge < -0.3 is 10.0 Å².